The van der Waals surface area contributed by atoms with Gasteiger partial charge in [-0.3, -0.25) is 9.59 Å². The Morgan fingerprint density at radius 1 is 1.25 bits per heavy atom. The number of benzene rings is 2. The monoisotopic (exact) mass is 344 g/mol. The third-order valence-electron chi connectivity index (χ3n) is 3.95. The number of carbonyl (C=O) groups is 2. The number of nitrogens with one attached hydrogen (secondary N) is 1. The van der Waals surface area contributed by atoms with Crippen LogP contribution in [0.4, 0.5) is 5.69 Å². The van der Waals surface area contributed by atoms with E-state index in [2.05, 4.69) is 5.32 Å². The molecule has 0 saturated carbocycles. The number of rotatable bonds is 4. The molecule has 3 rings (SSSR count). The average molecular weight is 345 g/mol. The summed E-state index contributed by atoms with van der Waals surface area (Å²) in [5, 5.41) is 3.36. The van der Waals surface area contributed by atoms with Crippen molar-refractivity contribution in [2.24, 2.45) is 0 Å². The van der Waals surface area contributed by atoms with Gasteiger partial charge in [-0.2, -0.15) is 0 Å². The number of fused-ring (bicyclic) bond motifs is 1. The molecule has 1 aliphatic heterocycles. The normalized spacial score (nSPS) is 16.0. The van der Waals surface area contributed by atoms with E-state index < -0.39 is 6.04 Å². The maximum Gasteiger partial charge on any atom is 0.254 e. The van der Waals surface area contributed by atoms with Gasteiger partial charge in [-0.05, 0) is 35.9 Å². The summed E-state index contributed by atoms with van der Waals surface area (Å²) < 4.78 is 5.24. The molecule has 6 heteroatoms. The predicted octanol–water partition coefficient (Wildman–Crippen LogP) is 3.07. The molecule has 5 nitrogen and oxygen atoms in total. The summed E-state index contributed by atoms with van der Waals surface area (Å²) in [7, 11) is 1.57. The zero-order valence-corrected chi connectivity index (χ0v) is 14.1. The summed E-state index contributed by atoms with van der Waals surface area (Å²) in [6, 6.07) is 12.1. The first-order valence-electron chi connectivity index (χ1n) is 7.50. The van der Waals surface area contributed by atoms with Gasteiger partial charge in [0.1, 0.15) is 11.8 Å². The highest BCUT2D eigenvalue weighted by Gasteiger charge is 2.38. The summed E-state index contributed by atoms with van der Waals surface area (Å²) in [5.74, 6) is 0.226. The fraction of sp³-hybridized carbons (Fsp3) is 0.222. The summed E-state index contributed by atoms with van der Waals surface area (Å²) in [6.45, 7) is 1.81. The van der Waals surface area contributed by atoms with Gasteiger partial charge in [0.05, 0.1) is 19.3 Å². The molecule has 0 radical (unpaired) electrons. The molecule has 124 valence electrons. The van der Waals surface area contributed by atoms with Crippen LogP contribution in [0.1, 0.15) is 24.1 Å². The van der Waals surface area contributed by atoms with E-state index in [4.69, 9.17) is 16.3 Å². The highest BCUT2D eigenvalue weighted by molar-refractivity contribution is 6.30. The Labute approximate surface area is 145 Å². The van der Waals surface area contributed by atoms with Crippen molar-refractivity contribution in [3.8, 4) is 5.75 Å². The van der Waals surface area contributed by atoms with E-state index in [1.807, 2.05) is 18.2 Å². The van der Waals surface area contributed by atoms with Crippen molar-refractivity contribution >= 4 is 29.1 Å². The third kappa shape index (κ3) is 3.08. The molecule has 1 aliphatic rings. The number of nitrogens with zero attached hydrogens (tertiary/aromatic N) is 1. The van der Waals surface area contributed by atoms with E-state index in [1.165, 1.54) is 6.92 Å². The van der Waals surface area contributed by atoms with Crippen LogP contribution in [0.3, 0.4) is 0 Å². The lowest BCUT2D eigenvalue weighted by Crippen LogP contribution is -2.36. The molecule has 0 aromatic heterocycles. The van der Waals surface area contributed by atoms with Crippen LogP contribution in [0.15, 0.2) is 42.5 Å². The minimum Gasteiger partial charge on any atom is -0.497 e. The zero-order chi connectivity index (χ0) is 17.3. The Balaban J connectivity index is 1.97. The molecular weight excluding hydrogens is 328 g/mol. The van der Waals surface area contributed by atoms with E-state index in [0.717, 1.165) is 16.8 Å². The smallest absolute Gasteiger partial charge is 0.254 e. The van der Waals surface area contributed by atoms with E-state index in [0.29, 0.717) is 17.3 Å². The highest BCUT2D eigenvalue weighted by atomic mass is 35.5. The van der Waals surface area contributed by atoms with Gasteiger partial charge in [0.2, 0.25) is 5.91 Å². The molecule has 0 fully saturated rings. The summed E-state index contributed by atoms with van der Waals surface area (Å²) >= 11 is 5.91. The van der Waals surface area contributed by atoms with E-state index in [9.17, 15) is 9.59 Å². The SMILES string of the molecule is COc1ccc2c(c1)[C@H](NC(C)=O)C(=O)N2Cc1ccc(Cl)cc1. The van der Waals surface area contributed by atoms with Crippen LogP contribution in [-0.2, 0) is 16.1 Å². The van der Waals surface area contributed by atoms with Crippen molar-refractivity contribution in [1.82, 2.24) is 5.32 Å². The molecule has 24 heavy (non-hydrogen) atoms. The standard InChI is InChI=1S/C18H17ClN2O3/c1-11(22)20-17-15-9-14(24-2)7-8-16(15)21(18(17)23)10-12-3-5-13(19)6-4-12/h3-9,17H,10H2,1-2H3,(H,20,22)/t17-/m0/s1. The molecule has 1 N–H and O–H groups in total. The van der Waals surface area contributed by atoms with E-state index in [-0.39, 0.29) is 11.8 Å². The first-order chi connectivity index (χ1) is 11.5. The van der Waals surface area contributed by atoms with Crippen LogP contribution < -0.4 is 15.0 Å². The quantitative estimate of drug-likeness (QED) is 0.927. The summed E-state index contributed by atoms with van der Waals surface area (Å²) in [4.78, 5) is 26.0. The highest BCUT2D eigenvalue weighted by Crippen LogP contribution is 2.39. The molecule has 2 amide bonds. The van der Waals surface area contributed by atoms with Gasteiger partial charge in [-0.25, -0.2) is 0 Å². The zero-order valence-electron chi connectivity index (χ0n) is 13.4. The third-order valence-corrected chi connectivity index (χ3v) is 4.20. The van der Waals surface area contributed by atoms with Crippen molar-refractivity contribution in [3.05, 3.63) is 58.6 Å². The van der Waals surface area contributed by atoms with E-state index >= 15 is 0 Å². The second kappa shape index (κ2) is 6.53. The summed E-state index contributed by atoms with van der Waals surface area (Å²) in [5.41, 5.74) is 2.47. The second-order valence-corrected chi connectivity index (χ2v) is 6.05. The van der Waals surface area contributed by atoms with Crippen molar-refractivity contribution in [2.45, 2.75) is 19.5 Å². The Kier molecular flexibility index (Phi) is 4.44. The van der Waals surface area contributed by atoms with Crippen LogP contribution in [0, 0.1) is 0 Å². The molecule has 1 heterocycles. The first kappa shape index (κ1) is 16.3. The lowest BCUT2D eigenvalue weighted by molar-refractivity contribution is -0.126. The first-order valence-corrected chi connectivity index (χ1v) is 7.88. The van der Waals surface area contributed by atoms with Crippen LogP contribution in [0.25, 0.3) is 0 Å². The number of halogens is 1. The molecule has 0 aliphatic carbocycles. The fourth-order valence-corrected chi connectivity index (χ4v) is 2.95. The van der Waals surface area contributed by atoms with Crippen LogP contribution in [0.5, 0.6) is 5.75 Å². The number of hydrogen-bond acceptors (Lipinski definition) is 3. The lowest BCUT2D eigenvalue weighted by Gasteiger charge is -2.18. The Hall–Kier alpha value is -2.53. The Morgan fingerprint density at radius 2 is 1.96 bits per heavy atom. The molecule has 2 aromatic carbocycles. The Morgan fingerprint density at radius 3 is 2.58 bits per heavy atom. The molecular formula is C18H17ClN2O3. The molecule has 0 bridgehead atoms. The largest absolute Gasteiger partial charge is 0.497 e. The molecule has 0 saturated heterocycles. The van der Waals surface area contributed by atoms with E-state index in [1.54, 1.807) is 36.3 Å². The van der Waals surface area contributed by atoms with Crippen LogP contribution >= 0.6 is 11.6 Å². The van der Waals surface area contributed by atoms with Gasteiger partial charge in [0.15, 0.2) is 0 Å². The molecule has 0 unspecified atom stereocenters. The topological polar surface area (TPSA) is 58.6 Å². The van der Waals surface area contributed by atoms with Crippen molar-refractivity contribution < 1.29 is 14.3 Å². The van der Waals surface area contributed by atoms with Gasteiger partial charge in [-0.15, -0.1) is 0 Å². The number of methoxy groups -OCH3 is 1. The average Bonchev–Trinajstić information content (AvgIpc) is 2.81. The maximum atomic E-state index is 12.8. The number of ether oxygens (including phenoxy) is 1. The minimum atomic E-state index is -0.695. The minimum absolute atomic E-state index is 0.164. The number of hydrogen-bond donors (Lipinski definition) is 1. The van der Waals surface area contributed by atoms with Crippen molar-refractivity contribution in [3.63, 3.8) is 0 Å². The van der Waals surface area contributed by atoms with Crippen molar-refractivity contribution in [2.75, 3.05) is 12.0 Å². The maximum absolute atomic E-state index is 12.8. The molecule has 1 atom stereocenters. The number of carbonyl (C=O) groups excluding carboxylic acids is 2. The van der Waals surface area contributed by atoms with Crippen LogP contribution in [-0.4, -0.2) is 18.9 Å². The second-order valence-electron chi connectivity index (χ2n) is 5.61. The van der Waals surface area contributed by atoms with Crippen molar-refractivity contribution in [1.29, 1.82) is 0 Å². The summed E-state index contributed by atoms with van der Waals surface area (Å²) in [6.07, 6.45) is 0. The number of anilines is 1. The van der Waals surface area contributed by atoms with Crippen LogP contribution in [0.2, 0.25) is 5.02 Å². The van der Waals surface area contributed by atoms with Gasteiger partial charge in [0, 0.05) is 17.5 Å². The van der Waals surface area contributed by atoms with Gasteiger partial charge < -0.3 is 15.0 Å². The van der Waals surface area contributed by atoms with Gasteiger partial charge >= 0.3 is 0 Å². The number of amides is 2. The molecule has 0 spiro atoms. The van der Waals surface area contributed by atoms with Gasteiger partial charge in [-0.1, -0.05) is 23.7 Å². The molecule has 2 aromatic rings. The van der Waals surface area contributed by atoms with Gasteiger partial charge in [0.25, 0.3) is 5.91 Å². The lowest BCUT2D eigenvalue weighted by atomic mass is 10.1. The fourth-order valence-electron chi connectivity index (χ4n) is 2.82. The predicted molar refractivity (Wildman–Crippen MR) is 92.2 cm³/mol. The Bertz CT molecular complexity index is 789.